The number of aromatic nitrogens is 2. The SMILES string of the molecule is Cc1sc2ncnc(NCCCC(=O)NC(CC(C)C)C(=O)O)c2c1-c1ccccc1. The number of carboxylic acids is 1. The van der Waals surface area contributed by atoms with E-state index in [0.717, 1.165) is 27.2 Å². The Balaban J connectivity index is 1.64. The number of thiophene rings is 1. The summed E-state index contributed by atoms with van der Waals surface area (Å²) in [7, 11) is 0. The van der Waals surface area contributed by atoms with Gasteiger partial charge in [0.1, 0.15) is 23.0 Å². The average Bonchev–Trinajstić information content (AvgIpc) is 3.07. The van der Waals surface area contributed by atoms with Crippen molar-refractivity contribution in [3.05, 3.63) is 41.5 Å². The van der Waals surface area contributed by atoms with Crippen molar-refractivity contribution >= 4 is 39.2 Å². The third-order valence-corrected chi connectivity index (χ3v) is 5.95. The molecule has 0 aliphatic rings. The Hall–Kier alpha value is -3.00. The molecule has 0 bridgehead atoms. The van der Waals surface area contributed by atoms with Crippen LogP contribution in [0.5, 0.6) is 0 Å². The second kappa shape index (κ2) is 10.3. The molecule has 1 amide bonds. The summed E-state index contributed by atoms with van der Waals surface area (Å²) in [5, 5.41) is 16.2. The van der Waals surface area contributed by atoms with Gasteiger partial charge in [-0.3, -0.25) is 4.79 Å². The van der Waals surface area contributed by atoms with E-state index in [4.69, 9.17) is 0 Å². The number of hydrogen-bond acceptors (Lipinski definition) is 6. The largest absolute Gasteiger partial charge is 0.480 e. The summed E-state index contributed by atoms with van der Waals surface area (Å²) in [6.07, 6.45) is 2.77. The highest BCUT2D eigenvalue weighted by molar-refractivity contribution is 7.19. The zero-order valence-electron chi connectivity index (χ0n) is 18.0. The summed E-state index contributed by atoms with van der Waals surface area (Å²) in [5.41, 5.74) is 2.24. The first-order valence-corrected chi connectivity index (χ1v) is 11.2. The highest BCUT2D eigenvalue weighted by atomic mass is 32.1. The third kappa shape index (κ3) is 5.79. The number of carboxylic acid groups (broad SMARTS) is 1. The maximum atomic E-state index is 12.2. The summed E-state index contributed by atoms with van der Waals surface area (Å²) in [6.45, 7) is 6.50. The molecule has 3 rings (SSSR count). The molecule has 3 N–H and O–H groups in total. The Morgan fingerprint density at radius 1 is 1.16 bits per heavy atom. The number of anilines is 1. The van der Waals surface area contributed by atoms with E-state index in [1.807, 2.05) is 32.0 Å². The van der Waals surface area contributed by atoms with Crippen molar-refractivity contribution in [3.63, 3.8) is 0 Å². The lowest BCUT2D eigenvalue weighted by atomic mass is 10.0. The van der Waals surface area contributed by atoms with Crippen LogP contribution in [-0.2, 0) is 9.59 Å². The minimum Gasteiger partial charge on any atom is -0.480 e. The van der Waals surface area contributed by atoms with Crippen LogP contribution in [0.1, 0.15) is 38.0 Å². The van der Waals surface area contributed by atoms with Gasteiger partial charge in [0.2, 0.25) is 5.91 Å². The first-order chi connectivity index (χ1) is 14.9. The smallest absolute Gasteiger partial charge is 0.326 e. The molecule has 2 heterocycles. The van der Waals surface area contributed by atoms with Crippen molar-refractivity contribution in [2.24, 2.45) is 5.92 Å². The minimum atomic E-state index is -0.996. The number of amides is 1. The van der Waals surface area contributed by atoms with Crippen LogP contribution in [0.3, 0.4) is 0 Å². The fourth-order valence-corrected chi connectivity index (χ4v) is 4.56. The minimum absolute atomic E-state index is 0.191. The molecule has 2 aromatic heterocycles. The van der Waals surface area contributed by atoms with Gasteiger partial charge in [-0.1, -0.05) is 44.2 Å². The van der Waals surface area contributed by atoms with Crippen molar-refractivity contribution < 1.29 is 14.7 Å². The van der Waals surface area contributed by atoms with Crippen LogP contribution in [0.25, 0.3) is 21.3 Å². The van der Waals surface area contributed by atoms with Crippen molar-refractivity contribution in [1.82, 2.24) is 15.3 Å². The molecule has 0 radical (unpaired) electrons. The van der Waals surface area contributed by atoms with Crippen molar-refractivity contribution in [3.8, 4) is 11.1 Å². The number of aliphatic carboxylic acids is 1. The number of hydrogen-bond donors (Lipinski definition) is 3. The van der Waals surface area contributed by atoms with Gasteiger partial charge in [-0.25, -0.2) is 14.8 Å². The second-order valence-electron chi connectivity index (χ2n) is 7.92. The normalized spacial score (nSPS) is 12.1. The molecule has 3 aromatic rings. The molecular formula is C23H28N4O3S. The molecule has 0 spiro atoms. The Labute approximate surface area is 185 Å². The summed E-state index contributed by atoms with van der Waals surface area (Å²) in [6, 6.07) is 9.32. The molecular weight excluding hydrogens is 412 g/mol. The number of fused-ring (bicyclic) bond motifs is 1. The van der Waals surface area contributed by atoms with E-state index < -0.39 is 12.0 Å². The Morgan fingerprint density at radius 2 is 1.90 bits per heavy atom. The average molecular weight is 441 g/mol. The molecule has 0 fully saturated rings. The maximum Gasteiger partial charge on any atom is 0.326 e. The molecule has 1 unspecified atom stereocenters. The van der Waals surface area contributed by atoms with Crippen molar-refractivity contribution in [2.45, 2.75) is 46.1 Å². The lowest BCUT2D eigenvalue weighted by Gasteiger charge is -2.16. The zero-order chi connectivity index (χ0) is 22.4. The van der Waals surface area contributed by atoms with Crippen LogP contribution in [0.2, 0.25) is 0 Å². The number of rotatable bonds is 10. The first kappa shape index (κ1) is 22.7. The zero-order valence-corrected chi connectivity index (χ0v) is 18.8. The number of carbonyl (C=O) groups is 2. The quantitative estimate of drug-likeness (QED) is 0.402. The maximum absolute atomic E-state index is 12.2. The molecule has 31 heavy (non-hydrogen) atoms. The molecule has 1 atom stereocenters. The van der Waals surface area contributed by atoms with Crippen molar-refractivity contribution in [1.29, 1.82) is 0 Å². The van der Waals surface area contributed by atoms with Gasteiger partial charge in [-0.05, 0) is 31.2 Å². The topological polar surface area (TPSA) is 104 Å². The van der Waals surface area contributed by atoms with Crippen LogP contribution >= 0.6 is 11.3 Å². The van der Waals surface area contributed by atoms with E-state index in [1.54, 1.807) is 17.7 Å². The van der Waals surface area contributed by atoms with Gasteiger partial charge < -0.3 is 15.7 Å². The van der Waals surface area contributed by atoms with Gasteiger partial charge in [0, 0.05) is 23.4 Å². The first-order valence-electron chi connectivity index (χ1n) is 10.4. The van der Waals surface area contributed by atoms with Crippen LogP contribution in [0.15, 0.2) is 36.7 Å². The standard InChI is InChI=1S/C23H28N4O3S/c1-14(2)12-17(23(29)30)27-18(28)10-7-11-24-21-20-19(16-8-5-4-6-9-16)15(3)31-22(20)26-13-25-21/h4-6,8-9,13-14,17H,7,10-12H2,1-3H3,(H,27,28)(H,29,30)(H,24,25,26). The van der Waals surface area contributed by atoms with E-state index in [2.05, 4.69) is 39.7 Å². The fraction of sp³-hybridized carbons (Fsp3) is 0.391. The Kier molecular flexibility index (Phi) is 7.57. The van der Waals surface area contributed by atoms with E-state index in [-0.39, 0.29) is 18.2 Å². The van der Waals surface area contributed by atoms with Gasteiger partial charge >= 0.3 is 5.97 Å². The highest BCUT2D eigenvalue weighted by Gasteiger charge is 2.21. The summed E-state index contributed by atoms with van der Waals surface area (Å²) in [4.78, 5) is 34.5. The Bertz CT molecular complexity index is 1050. The predicted octanol–water partition coefficient (Wildman–Crippen LogP) is 4.47. The number of benzene rings is 1. The van der Waals surface area contributed by atoms with Crippen LogP contribution in [-0.4, -0.2) is 39.5 Å². The molecule has 0 saturated heterocycles. The van der Waals surface area contributed by atoms with Gasteiger partial charge in [-0.15, -0.1) is 11.3 Å². The van der Waals surface area contributed by atoms with E-state index in [0.29, 0.717) is 19.4 Å². The van der Waals surface area contributed by atoms with Crippen LogP contribution in [0.4, 0.5) is 5.82 Å². The molecule has 1 aromatic carbocycles. The van der Waals surface area contributed by atoms with E-state index >= 15 is 0 Å². The monoisotopic (exact) mass is 440 g/mol. The van der Waals surface area contributed by atoms with E-state index in [1.165, 1.54) is 4.88 Å². The lowest BCUT2D eigenvalue weighted by molar-refractivity contribution is -0.142. The fourth-order valence-electron chi connectivity index (χ4n) is 3.55. The third-order valence-electron chi connectivity index (χ3n) is 4.94. The van der Waals surface area contributed by atoms with Crippen molar-refractivity contribution in [2.75, 3.05) is 11.9 Å². The molecule has 8 heteroatoms. The van der Waals surface area contributed by atoms with E-state index in [9.17, 15) is 14.7 Å². The molecule has 0 aliphatic carbocycles. The molecule has 164 valence electrons. The van der Waals surface area contributed by atoms with Gasteiger partial charge in [0.15, 0.2) is 0 Å². The van der Waals surface area contributed by atoms with Gasteiger partial charge in [0.05, 0.1) is 5.39 Å². The predicted molar refractivity (Wildman–Crippen MR) is 124 cm³/mol. The number of aryl methyl sites for hydroxylation is 1. The summed E-state index contributed by atoms with van der Waals surface area (Å²) < 4.78 is 0. The van der Waals surface area contributed by atoms with Gasteiger partial charge in [0.25, 0.3) is 0 Å². The second-order valence-corrected chi connectivity index (χ2v) is 9.12. The number of nitrogens with one attached hydrogen (secondary N) is 2. The summed E-state index contributed by atoms with van der Waals surface area (Å²) >= 11 is 1.64. The van der Waals surface area contributed by atoms with Crippen LogP contribution in [0, 0.1) is 12.8 Å². The lowest BCUT2D eigenvalue weighted by Crippen LogP contribution is -2.41. The molecule has 0 aliphatic heterocycles. The Morgan fingerprint density at radius 3 is 2.58 bits per heavy atom. The van der Waals surface area contributed by atoms with Gasteiger partial charge in [-0.2, -0.15) is 0 Å². The number of nitrogens with zero attached hydrogens (tertiary/aromatic N) is 2. The van der Waals surface area contributed by atoms with Crippen LogP contribution < -0.4 is 10.6 Å². The number of carbonyl (C=O) groups excluding carboxylic acids is 1. The molecule has 7 nitrogen and oxygen atoms in total. The molecule has 0 saturated carbocycles. The highest BCUT2D eigenvalue weighted by Crippen LogP contribution is 2.40. The summed E-state index contributed by atoms with van der Waals surface area (Å²) in [5.74, 6) is -0.309.